The van der Waals surface area contributed by atoms with E-state index >= 15 is 0 Å². The fourth-order valence-corrected chi connectivity index (χ4v) is 4.46. The van der Waals surface area contributed by atoms with Crippen LogP contribution in [-0.4, -0.2) is 25.7 Å². The third-order valence-corrected chi connectivity index (χ3v) is 5.95. The second-order valence-electron chi connectivity index (χ2n) is 5.27. The lowest BCUT2D eigenvalue weighted by molar-refractivity contribution is 0.120. The van der Waals surface area contributed by atoms with Gasteiger partial charge in [0.1, 0.15) is 0 Å². The molecule has 1 aliphatic carbocycles. The number of aryl methyl sites for hydroxylation is 1. The second kappa shape index (κ2) is 6.01. The molecule has 0 bridgehead atoms. The summed E-state index contributed by atoms with van der Waals surface area (Å²) in [5.41, 5.74) is 6.81. The van der Waals surface area contributed by atoms with Crippen LogP contribution < -0.4 is 10.5 Å². The quantitative estimate of drug-likeness (QED) is 0.716. The van der Waals surface area contributed by atoms with E-state index < -0.39 is 10.0 Å². The molecule has 0 unspecified atom stereocenters. The summed E-state index contributed by atoms with van der Waals surface area (Å²) in [4.78, 5) is 0.212. The van der Waals surface area contributed by atoms with Gasteiger partial charge >= 0.3 is 0 Å². The molecule has 0 atom stereocenters. The molecule has 20 heavy (non-hydrogen) atoms. The highest BCUT2D eigenvalue weighted by Crippen LogP contribution is 2.27. The molecular formula is C13H19BrN2O3S. The molecule has 0 aliphatic heterocycles. The fourth-order valence-electron chi connectivity index (χ4n) is 2.43. The monoisotopic (exact) mass is 362 g/mol. The van der Waals surface area contributed by atoms with Crippen LogP contribution >= 0.6 is 15.9 Å². The normalized spacial score (nSPS) is 23.8. The molecule has 0 amide bonds. The number of benzene rings is 1. The molecule has 2 rings (SSSR count). The Labute approximate surface area is 127 Å². The topological polar surface area (TPSA) is 92.4 Å². The summed E-state index contributed by atoms with van der Waals surface area (Å²) in [5, 5.41) is 9.45. The third kappa shape index (κ3) is 3.52. The first kappa shape index (κ1) is 15.8. The lowest BCUT2D eigenvalue weighted by Gasteiger charge is -2.26. The summed E-state index contributed by atoms with van der Waals surface area (Å²) in [6, 6.07) is 3.06. The second-order valence-corrected chi connectivity index (χ2v) is 7.80. The minimum Gasteiger partial charge on any atom is -0.398 e. The molecule has 0 heterocycles. The molecule has 0 radical (unpaired) electrons. The van der Waals surface area contributed by atoms with Crippen molar-refractivity contribution in [3.8, 4) is 0 Å². The molecule has 0 aromatic heterocycles. The van der Waals surface area contributed by atoms with Gasteiger partial charge in [-0.2, -0.15) is 0 Å². The number of sulfonamides is 1. The predicted molar refractivity (Wildman–Crippen MR) is 81.9 cm³/mol. The number of nitrogens with one attached hydrogen (secondary N) is 1. The highest BCUT2D eigenvalue weighted by molar-refractivity contribution is 9.10. The van der Waals surface area contributed by atoms with Gasteiger partial charge in [-0.15, -0.1) is 0 Å². The van der Waals surface area contributed by atoms with Crippen LogP contribution in [0.5, 0.6) is 0 Å². The predicted octanol–water partition coefficient (Wildman–Crippen LogP) is 1.92. The van der Waals surface area contributed by atoms with Crippen LogP contribution in [0.1, 0.15) is 31.2 Å². The van der Waals surface area contributed by atoms with Crippen molar-refractivity contribution in [3.63, 3.8) is 0 Å². The summed E-state index contributed by atoms with van der Waals surface area (Å²) >= 11 is 3.28. The van der Waals surface area contributed by atoms with E-state index in [4.69, 9.17) is 5.73 Å². The Hall–Kier alpha value is -0.630. The van der Waals surface area contributed by atoms with Crippen LogP contribution in [0.25, 0.3) is 0 Å². The molecule has 0 saturated heterocycles. The average Bonchev–Trinajstić information content (AvgIpc) is 2.36. The van der Waals surface area contributed by atoms with Gasteiger partial charge in [0.25, 0.3) is 0 Å². The number of hydrogen-bond donors (Lipinski definition) is 3. The summed E-state index contributed by atoms with van der Waals surface area (Å²) < 4.78 is 28.2. The van der Waals surface area contributed by atoms with Crippen molar-refractivity contribution in [2.75, 3.05) is 5.73 Å². The molecule has 5 nitrogen and oxygen atoms in total. The van der Waals surface area contributed by atoms with Crippen LogP contribution in [-0.2, 0) is 10.0 Å². The van der Waals surface area contributed by atoms with Crippen LogP contribution in [0.15, 0.2) is 21.5 Å². The molecule has 7 heteroatoms. The first-order chi connectivity index (χ1) is 9.29. The maximum absolute atomic E-state index is 12.4. The number of aliphatic hydroxyl groups is 1. The van der Waals surface area contributed by atoms with Crippen molar-refractivity contribution in [2.45, 2.75) is 49.6 Å². The van der Waals surface area contributed by atoms with E-state index in [0.717, 1.165) is 0 Å². The Kier molecular flexibility index (Phi) is 4.73. The van der Waals surface area contributed by atoms with Gasteiger partial charge in [0, 0.05) is 16.2 Å². The van der Waals surface area contributed by atoms with Crippen LogP contribution in [0.2, 0.25) is 0 Å². The highest BCUT2D eigenvalue weighted by atomic mass is 79.9. The van der Waals surface area contributed by atoms with E-state index in [0.29, 0.717) is 41.4 Å². The SMILES string of the molecule is Cc1cc(Br)c(N)cc1S(=O)(=O)NC1CCC(O)CC1. The van der Waals surface area contributed by atoms with Crippen molar-refractivity contribution >= 4 is 31.6 Å². The maximum Gasteiger partial charge on any atom is 0.241 e. The Morgan fingerprint density at radius 3 is 2.50 bits per heavy atom. The minimum atomic E-state index is -3.58. The lowest BCUT2D eigenvalue weighted by Crippen LogP contribution is -2.38. The zero-order valence-electron chi connectivity index (χ0n) is 11.3. The molecule has 4 N–H and O–H groups in total. The molecule has 1 fully saturated rings. The largest absolute Gasteiger partial charge is 0.398 e. The van der Waals surface area contributed by atoms with Gasteiger partial charge in [0.15, 0.2) is 0 Å². The molecular weight excluding hydrogens is 344 g/mol. The van der Waals surface area contributed by atoms with Gasteiger partial charge in [-0.1, -0.05) is 0 Å². The van der Waals surface area contributed by atoms with E-state index in [-0.39, 0.29) is 17.0 Å². The Bertz CT molecular complexity index is 596. The van der Waals surface area contributed by atoms with Gasteiger partial charge in [0.2, 0.25) is 10.0 Å². The number of nitrogens with two attached hydrogens (primary N) is 1. The Morgan fingerprint density at radius 1 is 1.30 bits per heavy atom. The number of halogens is 1. The number of rotatable bonds is 3. The minimum absolute atomic E-state index is 0.118. The van der Waals surface area contributed by atoms with Crippen molar-refractivity contribution in [2.24, 2.45) is 0 Å². The first-order valence-electron chi connectivity index (χ1n) is 6.55. The fraction of sp³-hybridized carbons (Fsp3) is 0.538. The Balaban J connectivity index is 2.20. The van der Waals surface area contributed by atoms with E-state index in [2.05, 4.69) is 20.7 Å². The highest BCUT2D eigenvalue weighted by Gasteiger charge is 2.26. The molecule has 1 aromatic rings. The molecule has 112 valence electrons. The summed E-state index contributed by atoms with van der Waals surface area (Å²) in [6.45, 7) is 1.74. The van der Waals surface area contributed by atoms with Crippen LogP contribution in [0, 0.1) is 6.92 Å². The zero-order valence-corrected chi connectivity index (χ0v) is 13.7. The average molecular weight is 363 g/mol. The third-order valence-electron chi connectivity index (χ3n) is 3.60. The van der Waals surface area contributed by atoms with Crippen molar-refractivity contribution in [1.82, 2.24) is 4.72 Å². The Morgan fingerprint density at radius 2 is 1.90 bits per heavy atom. The summed E-state index contributed by atoms with van der Waals surface area (Å²) in [5.74, 6) is 0. The number of aliphatic hydroxyl groups excluding tert-OH is 1. The maximum atomic E-state index is 12.4. The first-order valence-corrected chi connectivity index (χ1v) is 8.83. The zero-order chi connectivity index (χ0) is 14.9. The molecule has 0 spiro atoms. The van der Waals surface area contributed by atoms with Crippen LogP contribution in [0.4, 0.5) is 5.69 Å². The number of anilines is 1. The molecule has 1 aromatic carbocycles. The number of hydrogen-bond acceptors (Lipinski definition) is 4. The lowest BCUT2D eigenvalue weighted by atomic mass is 9.94. The van der Waals surface area contributed by atoms with Gasteiger partial charge in [-0.3, -0.25) is 0 Å². The number of nitrogen functional groups attached to an aromatic ring is 1. The van der Waals surface area contributed by atoms with Crippen molar-refractivity contribution < 1.29 is 13.5 Å². The smallest absolute Gasteiger partial charge is 0.241 e. The van der Waals surface area contributed by atoms with Crippen molar-refractivity contribution in [3.05, 3.63) is 22.2 Å². The van der Waals surface area contributed by atoms with Gasteiger partial charge in [-0.25, -0.2) is 13.1 Å². The standard InChI is InChI=1S/C13H19BrN2O3S/c1-8-6-11(14)12(15)7-13(8)20(18,19)16-9-2-4-10(17)5-3-9/h6-7,9-10,16-17H,2-5,15H2,1H3. The van der Waals surface area contributed by atoms with Crippen molar-refractivity contribution in [1.29, 1.82) is 0 Å². The van der Waals surface area contributed by atoms with E-state index in [9.17, 15) is 13.5 Å². The van der Waals surface area contributed by atoms with Gasteiger partial charge in [-0.05, 0) is 66.2 Å². The van der Waals surface area contributed by atoms with Gasteiger partial charge in [0.05, 0.1) is 11.0 Å². The summed E-state index contributed by atoms with van der Waals surface area (Å²) in [7, 11) is -3.58. The van der Waals surface area contributed by atoms with Crippen LogP contribution in [0.3, 0.4) is 0 Å². The molecule has 1 saturated carbocycles. The summed E-state index contributed by atoms with van der Waals surface area (Å²) in [6.07, 6.45) is 2.28. The van der Waals surface area contributed by atoms with E-state index in [1.165, 1.54) is 6.07 Å². The van der Waals surface area contributed by atoms with E-state index in [1.54, 1.807) is 13.0 Å². The van der Waals surface area contributed by atoms with E-state index in [1.807, 2.05) is 0 Å². The molecule has 1 aliphatic rings. The van der Waals surface area contributed by atoms with Gasteiger partial charge < -0.3 is 10.8 Å².